The lowest BCUT2D eigenvalue weighted by molar-refractivity contribution is -0.143. The molecule has 0 aliphatic heterocycles. The Labute approximate surface area is 115 Å². The maximum absolute atomic E-state index is 11.3. The molecule has 0 bridgehead atoms. The first-order chi connectivity index (χ1) is 9.20. The minimum atomic E-state index is -0.131. The third kappa shape index (κ3) is 13.1. The predicted octanol–water partition coefficient (Wildman–Crippen LogP) is 0.462. The lowest BCUT2D eigenvalue weighted by Gasteiger charge is -2.06. The molecule has 6 heteroatoms. The van der Waals surface area contributed by atoms with Crippen LogP contribution in [0.25, 0.3) is 0 Å². The second-order valence-electron chi connectivity index (χ2n) is 4.14. The number of ether oxygens (including phenoxy) is 2. The average Bonchev–Trinajstić information content (AvgIpc) is 2.38. The van der Waals surface area contributed by atoms with Gasteiger partial charge in [-0.05, 0) is 26.3 Å². The summed E-state index contributed by atoms with van der Waals surface area (Å²) in [5.74, 6) is -0.156. The number of carbonyl (C=O) groups is 2. The molecule has 0 saturated heterocycles. The Morgan fingerprint density at radius 3 is 2.58 bits per heavy atom. The molecule has 0 rings (SSSR count). The molecule has 1 amide bonds. The molecule has 0 unspecified atom stereocenters. The van der Waals surface area contributed by atoms with Crippen LogP contribution in [-0.2, 0) is 19.1 Å². The van der Waals surface area contributed by atoms with Gasteiger partial charge in [0.05, 0.1) is 19.8 Å². The highest BCUT2D eigenvalue weighted by Crippen LogP contribution is 2.00. The van der Waals surface area contributed by atoms with Crippen LogP contribution in [0.5, 0.6) is 0 Å². The van der Waals surface area contributed by atoms with Gasteiger partial charge in [-0.25, -0.2) is 0 Å². The van der Waals surface area contributed by atoms with Gasteiger partial charge in [-0.1, -0.05) is 6.42 Å². The van der Waals surface area contributed by atoms with Gasteiger partial charge in [-0.15, -0.1) is 0 Å². The van der Waals surface area contributed by atoms with Gasteiger partial charge < -0.3 is 20.1 Å². The second kappa shape index (κ2) is 13.3. The van der Waals surface area contributed by atoms with E-state index in [0.29, 0.717) is 32.7 Å². The average molecular weight is 274 g/mol. The van der Waals surface area contributed by atoms with Crippen LogP contribution in [0.2, 0.25) is 0 Å². The number of hydrogen-bond donors (Lipinski definition) is 2. The highest BCUT2D eigenvalue weighted by molar-refractivity contribution is 5.77. The summed E-state index contributed by atoms with van der Waals surface area (Å²) in [6, 6.07) is 0. The Balaban J connectivity index is 3.22. The first-order valence-electron chi connectivity index (χ1n) is 6.82. The quantitative estimate of drug-likeness (QED) is 0.399. The Morgan fingerprint density at radius 1 is 1.11 bits per heavy atom. The minimum Gasteiger partial charge on any atom is -0.466 e. The molecular weight excluding hydrogens is 248 g/mol. The first-order valence-corrected chi connectivity index (χ1v) is 6.82. The molecule has 0 aromatic carbocycles. The van der Waals surface area contributed by atoms with Gasteiger partial charge in [0.2, 0.25) is 5.91 Å². The van der Waals surface area contributed by atoms with Crippen molar-refractivity contribution in [1.29, 1.82) is 0 Å². The fraction of sp³-hybridized carbons (Fsp3) is 0.846. The maximum Gasteiger partial charge on any atom is 0.305 e. The third-order valence-electron chi connectivity index (χ3n) is 2.45. The van der Waals surface area contributed by atoms with Gasteiger partial charge in [0.1, 0.15) is 0 Å². The van der Waals surface area contributed by atoms with Gasteiger partial charge in [0, 0.05) is 20.1 Å². The number of amides is 1. The van der Waals surface area contributed by atoms with Crippen molar-refractivity contribution < 1.29 is 19.1 Å². The Hall–Kier alpha value is -1.14. The molecular formula is C13H26N2O4. The zero-order valence-electron chi connectivity index (χ0n) is 12.0. The highest BCUT2D eigenvalue weighted by Gasteiger charge is 2.01. The van der Waals surface area contributed by atoms with Crippen molar-refractivity contribution in [3.05, 3.63) is 0 Å². The fourth-order valence-corrected chi connectivity index (χ4v) is 1.49. The number of hydrogen-bond acceptors (Lipinski definition) is 5. The summed E-state index contributed by atoms with van der Waals surface area (Å²) >= 11 is 0. The highest BCUT2D eigenvalue weighted by atomic mass is 16.5. The predicted molar refractivity (Wildman–Crippen MR) is 72.9 cm³/mol. The summed E-state index contributed by atoms with van der Waals surface area (Å²) in [5, 5.41) is 5.78. The minimum absolute atomic E-state index is 0.0245. The molecule has 0 aliphatic carbocycles. The van der Waals surface area contributed by atoms with Crippen LogP contribution in [-0.4, -0.2) is 51.8 Å². The zero-order chi connectivity index (χ0) is 14.3. The standard InChI is InChI=1S/C13H26N2O4/c1-3-19-13(17)7-5-4-6-8-14-11-12(16)15-9-10-18-2/h14H,3-11H2,1-2H3,(H,15,16). The van der Waals surface area contributed by atoms with E-state index in [1.54, 1.807) is 14.0 Å². The number of nitrogens with one attached hydrogen (secondary N) is 2. The van der Waals surface area contributed by atoms with Crippen LogP contribution < -0.4 is 10.6 Å². The molecule has 0 aromatic rings. The van der Waals surface area contributed by atoms with Crippen molar-refractivity contribution in [1.82, 2.24) is 10.6 Å². The van der Waals surface area contributed by atoms with Gasteiger partial charge in [-0.3, -0.25) is 9.59 Å². The molecule has 6 nitrogen and oxygen atoms in total. The summed E-state index contributed by atoms with van der Waals surface area (Å²) in [5.41, 5.74) is 0. The van der Waals surface area contributed by atoms with E-state index in [4.69, 9.17) is 9.47 Å². The molecule has 0 aromatic heterocycles. The SMILES string of the molecule is CCOC(=O)CCCCCNCC(=O)NCCOC. The molecule has 0 atom stereocenters. The smallest absolute Gasteiger partial charge is 0.305 e. The van der Waals surface area contributed by atoms with Crippen LogP contribution in [0.3, 0.4) is 0 Å². The summed E-state index contributed by atoms with van der Waals surface area (Å²) in [4.78, 5) is 22.3. The lowest BCUT2D eigenvalue weighted by Crippen LogP contribution is -2.35. The normalized spacial score (nSPS) is 10.2. The van der Waals surface area contributed by atoms with E-state index < -0.39 is 0 Å². The molecule has 0 saturated carbocycles. The van der Waals surface area contributed by atoms with E-state index in [1.807, 2.05) is 0 Å². The Kier molecular flexibility index (Phi) is 12.5. The van der Waals surface area contributed by atoms with E-state index in [1.165, 1.54) is 0 Å². The van der Waals surface area contributed by atoms with Crippen molar-refractivity contribution in [3.8, 4) is 0 Å². The van der Waals surface area contributed by atoms with Crippen molar-refractivity contribution in [2.24, 2.45) is 0 Å². The Morgan fingerprint density at radius 2 is 1.89 bits per heavy atom. The third-order valence-corrected chi connectivity index (χ3v) is 2.45. The summed E-state index contributed by atoms with van der Waals surface area (Å²) in [6.07, 6.45) is 3.22. The van der Waals surface area contributed by atoms with Crippen LogP contribution in [0.15, 0.2) is 0 Å². The lowest BCUT2D eigenvalue weighted by atomic mass is 10.2. The van der Waals surface area contributed by atoms with E-state index in [9.17, 15) is 9.59 Å². The van der Waals surface area contributed by atoms with Crippen molar-refractivity contribution in [2.75, 3.05) is 40.0 Å². The van der Waals surface area contributed by atoms with Gasteiger partial charge in [-0.2, -0.15) is 0 Å². The zero-order valence-corrected chi connectivity index (χ0v) is 12.0. The molecule has 2 N–H and O–H groups in total. The summed E-state index contributed by atoms with van der Waals surface area (Å²) in [6.45, 7) is 4.41. The fourth-order valence-electron chi connectivity index (χ4n) is 1.49. The maximum atomic E-state index is 11.3. The first kappa shape index (κ1) is 17.9. The summed E-state index contributed by atoms with van der Waals surface area (Å²) < 4.78 is 9.66. The molecule has 0 fully saturated rings. The Bertz CT molecular complexity index is 247. The monoisotopic (exact) mass is 274 g/mol. The van der Waals surface area contributed by atoms with Crippen molar-refractivity contribution in [3.63, 3.8) is 0 Å². The van der Waals surface area contributed by atoms with Gasteiger partial charge in [0.15, 0.2) is 0 Å². The molecule has 0 radical (unpaired) electrons. The van der Waals surface area contributed by atoms with Crippen molar-refractivity contribution >= 4 is 11.9 Å². The van der Waals surface area contributed by atoms with E-state index in [2.05, 4.69) is 10.6 Å². The van der Waals surface area contributed by atoms with Crippen LogP contribution in [0.1, 0.15) is 32.6 Å². The molecule has 0 heterocycles. The number of carbonyl (C=O) groups excluding carboxylic acids is 2. The van der Waals surface area contributed by atoms with Crippen LogP contribution in [0, 0.1) is 0 Å². The number of esters is 1. The molecule has 0 spiro atoms. The van der Waals surface area contributed by atoms with Crippen LogP contribution >= 0.6 is 0 Å². The van der Waals surface area contributed by atoms with E-state index in [0.717, 1.165) is 25.8 Å². The molecule has 0 aliphatic rings. The van der Waals surface area contributed by atoms with Crippen LogP contribution in [0.4, 0.5) is 0 Å². The number of rotatable bonds is 12. The molecule has 19 heavy (non-hydrogen) atoms. The van der Waals surface area contributed by atoms with E-state index >= 15 is 0 Å². The number of methoxy groups -OCH3 is 1. The second-order valence-corrected chi connectivity index (χ2v) is 4.14. The van der Waals surface area contributed by atoms with Gasteiger partial charge >= 0.3 is 5.97 Å². The summed E-state index contributed by atoms with van der Waals surface area (Å²) in [7, 11) is 1.60. The largest absolute Gasteiger partial charge is 0.466 e. The van der Waals surface area contributed by atoms with E-state index in [-0.39, 0.29) is 11.9 Å². The molecule has 112 valence electrons. The topological polar surface area (TPSA) is 76.7 Å². The number of unbranched alkanes of at least 4 members (excludes halogenated alkanes) is 2. The van der Waals surface area contributed by atoms with Gasteiger partial charge in [0.25, 0.3) is 0 Å². The van der Waals surface area contributed by atoms with Crippen molar-refractivity contribution in [2.45, 2.75) is 32.6 Å².